The van der Waals surface area contributed by atoms with E-state index in [1.54, 1.807) is 6.92 Å². The van der Waals surface area contributed by atoms with E-state index >= 15 is 0 Å². The summed E-state index contributed by atoms with van der Waals surface area (Å²) in [5, 5.41) is 7.57. The number of aliphatic hydroxyl groups excluding tert-OH is 1. The van der Waals surface area contributed by atoms with E-state index in [9.17, 15) is 0 Å². The minimum absolute atomic E-state index is 0. The zero-order valence-corrected chi connectivity index (χ0v) is 13.9. The van der Waals surface area contributed by atoms with E-state index < -0.39 is 0 Å². The van der Waals surface area contributed by atoms with E-state index in [0.717, 1.165) is 0 Å². The Balaban J connectivity index is -0.000000173. The zero-order valence-electron chi connectivity index (χ0n) is 10.7. The molecule has 0 fully saturated rings. The molecule has 0 unspecified atom stereocenters. The summed E-state index contributed by atoms with van der Waals surface area (Å²) in [7, 11) is 0. The SMILES string of the molecule is CCO.C[c-]1cccc1.C[c-]1cccc1.[Cl-].[Zr+3]. The summed E-state index contributed by atoms with van der Waals surface area (Å²) in [6, 6.07) is 16.5. The molecule has 93 valence electrons. The molecule has 0 aliphatic rings. The number of rotatable bonds is 0. The fraction of sp³-hybridized carbons (Fsp3) is 0.286. The summed E-state index contributed by atoms with van der Waals surface area (Å²) in [5.74, 6) is 0. The van der Waals surface area contributed by atoms with Crippen molar-refractivity contribution in [3.63, 3.8) is 0 Å². The summed E-state index contributed by atoms with van der Waals surface area (Å²) in [6.45, 7) is 6.10. The minimum Gasteiger partial charge on any atom is -1.00 e. The number of hydrogen-bond acceptors (Lipinski definition) is 1. The summed E-state index contributed by atoms with van der Waals surface area (Å²) in [6.07, 6.45) is 0. The molecule has 0 amide bonds. The van der Waals surface area contributed by atoms with Gasteiger partial charge in [0.05, 0.1) is 0 Å². The predicted octanol–water partition coefficient (Wildman–Crippen LogP) is 0.428. The second-order valence-electron chi connectivity index (χ2n) is 3.24. The van der Waals surface area contributed by atoms with Crippen LogP contribution in [-0.4, -0.2) is 11.7 Å². The van der Waals surface area contributed by atoms with Crippen molar-refractivity contribution in [1.29, 1.82) is 0 Å². The van der Waals surface area contributed by atoms with Crippen molar-refractivity contribution in [1.82, 2.24) is 0 Å². The molecule has 2 aromatic carbocycles. The molecule has 0 saturated carbocycles. The maximum Gasteiger partial charge on any atom is 3.00 e. The van der Waals surface area contributed by atoms with Gasteiger partial charge in [0.15, 0.2) is 0 Å². The van der Waals surface area contributed by atoms with Crippen molar-refractivity contribution in [2.45, 2.75) is 20.8 Å². The average molecular weight is 331 g/mol. The van der Waals surface area contributed by atoms with Gasteiger partial charge in [0, 0.05) is 6.61 Å². The molecule has 0 bridgehead atoms. The number of halogens is 1. The Labute approximate surface area is 130 Å². The van der Waals surface area contributed by atoms with Gasteiger partial charge < -0.3 is 17.5 Å². The van der Waals surface area contributed by atoms with Gasteiger partial charge >= 0.3 is 26.2 Å². The van der Waals surface area contributed by atoms with Crippen molar-refractivity contribution in [2.24, 2.45) is 0 Å². The zero-order chi connectivity index (χ0) is 11.5. The van der Waals surface area contributed by atoms with Crippen molar-refractivity contribution in [3.05, 3.63) is 59.7 Å². The van der Waals surface area contributed by atoms with Crippen LogP contribution in [0.2, 0.25) is 0 Å². The Morgan fingerprint density at radius 1 is 0.824 bits per heavy atom. The van der Waals surface area contributed by atoms with Crippen LogP contribution in [0, 0.1) is 13.8 Å². The first kappa shape index (κ1) is 22.1. The van der Waals surface area contributed by atoms with E-state index in [-0.39, 0.29) is 45.2 Å². The van der Waals surface area contributed by atoms with Crippen molar-refractivity contribution >= 4 is 0 Å². The molecular formula is C14H20ClOZr. The Bertz CT molecular complexity index is 269. The van der Waals surface area contributed by atoms with E-state index in [0.29, 0.717) is 0 Å². The molecule has 1 nitrogen and oxygen atoms in total. The number of aliphatic hydroxyl groups is 1. The second-order valence-corrected chi connectivity index (χ2v) is 3.24. The molecule has 0 saturated heterocycles. The van der Waals surface area contributed by atoms with Crippen LogP contribution in [0.15, 0.2) is 48.5 Å². The second kappa shape index (κ2) is 15.8. The van der Waals surface area contributed by atoms with Gasteiger partial charge in [-0.05, 0) is 6.92 Å². The van der Waals surface area contributed by atoms with Gasteiger partial charge in [-0.3, -0.25) is 0 Å². The third-order valence-corrected chi connectivity index (χ3v) is 1.66. The average Bonchev–Trinajstić information content (AvgIpc) is 2.81. The van der Waals surface area contributed by atoms with Crippen LogP contribution in [0.1, 0.15) is 18.1 Å². The van der Waals surface area contributed by atoms with Gasteiger partial charge in [0.25, 0.3) is 0 Å². The van der Waals surface area contributed by atoms with Crippen LogP contribution >= 0.6 is 0 Å². The predicted molar refractivity (Wildman–Crippen MR) is 66.3 cm³/mol. The molecule has 0 atom stereocenters. The molecule has 0 aliphatic heterocycles. The van der Waals surface area contributed by atoms with E-state index in [4.69, 9.17) is 5.11 Å². The third kappa shape index (κ3) is 15.8. The minimum atomic E-state index is 0. The topological polar surface area (TPSA) is 20.2 Å². The molecule has 0 aromatic heterocycles. The van der Waals surface area contributed by atoms with Crippen LogP contribution in [0.4, 0.5) is 0 Å². The molecule has 0 heterocycles. The summed E-state index contributed by atoms with van der Waals surface area (Å²) < 4.78 is 0. The van der Waals surface area contributed by atoms with E-state index in [2.05, 4.69) is 38.1 Å². The Morgan fingerprint density at radius 2 is 1.00 bits per heavy atom. The van der Waals surface area contributed by atoms with Gasteiger partial charge in [-0.1, -0.05) is 13.8 Å². The fourth-order valence-corrected chi connectivity index (χ4v) is 0.940. The maximum atomic E-state index is 7.57. The maximum absolute atomic E-state index is 7.57. The Morgan fingerprint density at radius 3 is 1.06 bits per heavy atom. The first-order valence-corrected chi connectivity index (χ1v) is 5.18. The van der Waals surface area contributed by atoms with E-state index in [1.165, 1.54) is 11.1 Å². The first-order valence-electron chi connectivity index (χ1n) is 5.18. The number of aryl methyl sites for hydroxylation is 2. The Kier molecular flexibility index (Phi) is 20.5. The van der Waals surface area contributed by atoms with Crippen LogP contribution in [0.3, 0.4) is 0 Å². The molecule has 2 rings (SSSR count). The van der Waals surface area contributed by atoms with Crippen LogP contribution < -0.4 is 12.4 Å². The molecule has 1 radical (unpaired) electrons. The molecule has 2 aromatic rings. The van der Waals surface area contributed by atoms with Crippen molar-refractivity contribution in [2.75, 3.05) is 6.61 Å². The third-order valence-electron chi connectivity index (χ3n) is 1.66. The van der Waals surface area contributed by atoms with Gasteiger partial charge in [-0.2, -0.15) is 35.4 Å². The molecule has 3 heteroatoms. The first-order chi connectivity index (χ1) is 7.20. The van der Waals surface area contributed by atoms with Crippen molar-refractivity contribution in [3.8, 4) is 0 Å². The van der Waals surface area contributed by atoms with Gasteiger partial charge in [0.2, 0.25) is 0 Å². The smallest absolute Gasteiger partial charge is 1.00 e. The molecule has 1 N–H and O–H groups in total. The quantitative estimate of drug-likeness (QED) is 0.695. The van der Waals surface area contributed by atoms with E-state index in [1.807, 2.05) is 24.3 Å². The summed E-state index contributed by atoms with van der Waals surface area (Å²) >= 11 is 0. The summed E-state index contributed by atoms with van der Waals surface area (Å²) in [5.41, 5.74) is 2.69. The molecule has 17 heavy (non-hydrogen) atoms. The number of hydrogen-bond donors (Lipinski definition) is 1. The van der Waals surface area contributed by atoms with Crippen LogP contribution in [0.5, 0.6) is 0 Å². The van der Waals surface area contributed by atoms with Gasteiger partial charge in [0.1, 0.15) is 0 Å². The fourth-order valence-electron chi connectivity index (χ4n) is 0.940. The molecule has 0 aliphatic carbocycles. The van der Waals surface area contributed by atoms with Gasteiger partial charge in [-0.25, -0.2) is 24.3 Å². The summed E-state index contributed by atoms with van der Waals surface area (Å²) in [4.78, 5) is 0. The van der Waals surface area contributed by atoms with Gasteiger partial charge in [-0.15, -0.1) is 0 Å². The largest absolute Gasteiger partial charge is 3.00 e. The van der Waals surface area contributed by atoms with Crippen molar-refractivity contribution < 1.29 is 43.7 Å². The normalized spacial score (nSPS) is 7.29. The van der Waals surface area contributed by atoms with Crippen LogP contribution in [-0.2, 0) is 26.2 Å². The van der Waals surface area contributed by atoms with Crippen LogP contribution in [0.25, 0.3) is 0 Å². The molecular weight excluding hydrogens is 311 g/mol. The Hall–Kier alpha value is -0.167. The monoisotopic (exact) mass is 329 g/mol. The molecule has 0 spiro atoms. The standard InChI is InChI=1S/2C6H7.C2H6O.ClH.Zr/c2*1-6-4-2-3-5-6;1-2-3;;/h2*2-5H,1H3;3H,2H2,1H3;1H;/q2*-1;;;+3/p-1.